The summed E-state index contributed by atoms with van der Waals surface area (Å²) in [6.07, 6.45) is 3.96. The number of hydrogen-bond donors (Lipinski definition) is 0. The zero-order valence-corrected chi connectivity index (χ0v) is 8.05. The van der Waals surface area contributed by atoms with Gasteiger partial charge in [0.05, 0.1) is 22.8 Å². The molecule has 0 amide bonds. The predicted octanol–water partition coefficient (Wildman–Crippen LogP) is 2.43. The molecule has 0 aliphatic rings. The third kappa shape index (κ3) is 1.70. The van der Waals surface area contributed by atoms with Crippen LogP contribution in [-0.4, -0.2) is 9.97 Å². The van der Waals surface area contributed by atoms with Gasteiger partial charge in [0.25, 0.3) is 0 Å². The van der Waals surface area contributed by atoms with Crippen molar-refractivity contribution in [2.24, 2.45) is 0 Å². The fraction of sp³-hybridized carbons (Fsp3) is 0.400. The molecule has 64 valence electrons. The summed E-state index contributed by atoms with van der Waals surface area (Å²) in [5, 5.41) is 0. The molecule has 0 fully saturated rings. The molecule has 2 heteroatoms. The molecule has 0 radical (unpaired) electrons. The van der Waals surface area contributed by atoms with E-state index in [1.807, 2.05) is 39.8 Å². The van der Waals surface area contributed by atoms with E-state index < -0.39 is 0 Å². The van der Waals surface area contributed by atoms with E-state index >= 15 is 0 Å². The fourth-order valence-corrected chi connectivity index (χ4v) is 1.05. The van der Waals surface area contributed by atoms with E-state index in [2.05, 4.69) is 9.97 Å². The van der Waals surface area contributed by atoms with E-state index in [1.165, 1.54) is 0 Å². The van der Waals surface area contributed by atoms with E-state index in [9.17, 15) is 0 Å². The second-order valence-corrected chi connectivity index (χ2v) is 2.87. The molecule has 0 aromatic carbocycles. The topological polar surface area (TPSA) is 25.8 Å². The van der Waals surface area contributed by atoms with Crippen LogP contribution in [0.3, 0.4) is 0 Å². The zero-order valence-electron chi connectivity index (χ0n) is 8.05. The smallest absolute Gasteiger partial charge is 0.0842 e. The van der Waals surface area contributed by atoms with Crippen LogP contribution in [0.4, 0.5) is 0 Å². The van der Waals surface area contributed by atoms with E-state index in [0.29, 0.717) is 0 Å². The third-order valence-corrected chi connectivity index (χ3v) is 1.84. The maximum atomic E-state index is 4.41. The number of aryl methyl sites for hydroxylation is 3. The van der Waals surface area contributed by atoms with Crippen LogP contribution in [0.1, 0.15) is 29.7 Å². The molecule has 1 heterocycles. The molecule has 0 saturated carbocycles. The van der Waals surface area contributed by atoms with Gasteiger partial charge < -0.3 is 0 Å². The zero-order chi connectivity index (χ0) is 9.14. The van der Waals surface area contributed by atoms with Crippen LogP contribution < -0.4 is 0 Å². The Labute approximate surface area is 73.4 Å². The van der Waals surface area contributed by atoms with Crippen LogP contribution in [0.25, 0.3) is 6.08 Å². The van der Waals surface area contributed by atoms with E-state index in [0.717, 1.165) is 22.8 Å². The van der Waals surface area contributed by atoms with Crippen molar-refractivity contribution < 1.29 is 0 Å². The molecule has 1 rings (SSSR count). The van der Waals surface area contributed by atoms with Crippen molar-refractivity contribution in [1.29, 1.82) is 0 Å². The van der Waals surface area contributed by atoms with E-state index in [4.69, 9.17) is 0 Å². The van der Waals surface area contributed by atoms with Gasteiger partial charge in [-0.2, -0.15) is 0 Å². The third-order valence-electron chi connectivity index (χ3n) is 1.84. The summed E-state index contributed by atoms with van der Waals surface area (Å²) >= 11 is 0. The van der Waals surface area contributed by atoms with Gasteiger partial charge in [0.2, 0.25) is 0 Å². The summed E-state index contributed by atoms with van der Waals surface area (Å²) in [5.74, 6) is 0. The van der Waals surface area contributed by atoms with E-state index in [-0.39, 0.29) is 0 Å². The minimum absolute atomic E-state index is 0.973. The first-order valence-corrected chi connectivity index (χ1v) is 4.09. The molecule has 0 spiro atoms. The van der Waals surface area contributed by atoms with Gasteiger partial charge in [0.15, 0.2) is 0 Å². The number of allylic oxidation sites excluding steroid dienone is 1. The molecule has 0 saturated heterocycles. The fourth-order valence-electron chi connectivity index (χ4n) is 1.05. The predicted molar refractivity (Wildman–Crippen MR) is 51.0 cm³/mol. The van der Waals surface area contributed by atoms with Gasteiger partial charge in [0.1, 0.15) is 0 Å². The Morgan fingerprint density at radius 2 is 1.50 bits per heavy atom. The summed E-state index contributed by atoms with van der Waals surface area (Å²) in [5.41, 5.74) is 3.99. The molecule has 0 aliphatic heterocycles. The van der Waals surface area contributed by atoms with Crippen molar-refractivity contribution in [3.05, 3.63) is 28.9 Å². The molecule has 0 N–H and O–H groups in total. The van der Waals surface area contributed by atoms with Crippen LogP contribution in [0.15, 0.2) is 6.08 Å². The highest BCUT2D eigenvalue weighted by molar-refractivity contribution is 5.46. The standard InChI is InChI=1S/C10H14N2/c1-5-6-10-9(4)11-7(2)8(3)12-10/h5-6H,1-4H3/b6-5+. The van der Waals surface area contributed by atoms with Crippen LogP contribution in [0.5, 0.6) is 0 Å². The van der Waals surface area contributed by atoms with Crippen molar-refractivity contribution in [2.75, 3.05) is 0 Å². The first-order valence-electron chi connectivity index (χ1n) is 4.09. The summed E-state index contributed by atoms with van der Waals surface area (Å²) in [7, 11) is 0. The molecular formula is C10H14N2. The normalized spacial score (nSPS) is 11.0. The summed E-state index contributed by atoms with van der Waals surface area (Å²) in [4.78, 5) is 8.79. The number of rotatable bonds is 1. The first kappa shape index (κ1) is 8.91. The quantitative estimate of drug-likeness (QED) is 0.633. The lowest BCUT2D eigenvalue weighted by atomic mass is 10.2. The van der Waals surface area contributed by atoms with E-state index in [1.54, 1.807) is 0 Å². The molecule has 0 aliphatic carbocycles. The lowest BCUT2D eigenvalue weighted by Gasteiger charge is -2.03. The van der Waals surface area contributed by atoms with Gasteiger partial charge in [-0.3, -0.25) is 4.98 Å². The Morgan fingerprint density at radius 3 is 2.08 bits per heavy atom. The van der Waals surface area contributed by atoms with Crippen LogP contribution >= 0.6 is 0 Å². The van der Waals surface area contributed by atoms with Gasteiger partial charge in [-0.25, -0.2) is 4.98 Å². The molecule has 2 nitrogen and oxygen atoms in total. The second kappa shape index (κ2) is 3.48. The highest BCUT2D eigenvalue weighted by Gasteiger charge is 2.00. The number of aromatic nitrogens is 2. The van der Waals surface area contributed by atoms with Crippen LogP contribution in [0, 0.1) is 20.8 Å². The Balaban J connectivity index is 3.23. The number of hydrogen-bond acceptors (Lipinski definition) is 2. The Morgan fingerprint density at radius 1 is 0.917 bits per heavy atom. The van der Waals surface area contributed by atoms with Crippen LogP contribution in [-0.2, 0) is 0 Å². The monoisotopic (exact) mass is 162 g/mol. The van der Waals surface area contributed by atoms with Crippen molar-refractivity contribution in [1.82, 2.24) is 9.97 Å². The molecule has 0 bridgehead atoms. The second-order valence-electron chi connectivity index (χ2n) is 2.87. The SMILES string of the molecule is C/C=C/c1nc(C)c(C)nc1C. The Bertz CT molecular complexity index is 314. The molecule has 12 heavy (non-hydrogen) atoms. The highest BCUT2D eigenvalue weighted by Crippen LogP contribution is 2.07. The lowest BCUT2D eigenvalue weighted by molar-refractivity contribution is 0.991. The average Bonchev–Trinajstić information content (AvgIpc) is 2.01. The lowest BCUT2D eigenvalue weighted by Crippen LogP contribution is -1.98. The van der Waals surface area contributed by atoms with Gasteiger partial charge in [-0.05, 0) is 33.8 Å². The first-order chi connectivity index (χ1) is 5.65. The molecule has 0 atom stereocenters. The molecule has 1 aromatic rings. The Hall–Kier alpha value is -1.18. The minimum atomic E-state index is 0.973. The molecular weight excluding hydrogens is 148 g/mol. The van der Waals surface area contributed by atoms with Gasteiger partial charge >= 0.3 is 0 Å². The van der Waals surface area contributed by atoms with Crippen molar-refractivity contribution in [3.8, 4) is 0 Å². The minimum Gasteiger partial charge on any atom is -0.254 e. The maximum Gasteiger partial charge on any atom is 0.0842 e. The summed E-state index contributed by atoms with van der Waals surface area (Å²) in [6, 6.07) is 0. The number of nitrogens with zero attached hydrogens (tertiary/aromatic N) is 2. The highest BCUT2D eigenvalue weighted by atomic mass is 14.8. The molecule has 1 aromatic heterocycles. The molecule has 0 unspecified atom stereocenters. The Kier molecular flexibility index (Phi) is 2.58. The van der Waals surface area contributed by atoms with Crippen molar-refractivity contribution in [2.45, 2.75) is 27.7 Å². The summed E-state index contributed by atoms with van der Waals surface area (Å²) in [6.45, 7) is 7.93. The van der Waals surface area contributed by atoms with Crippen molar-refractivity contribution in [3.63, 3.8) is 0 Å². The van der Waals surface area contributed by atoms with Gasteiger partial charge in [-0.1, -0.05) is 6.08 Å². The summed E-state index contributed by atoms with van der Waals surface area (Å²) < 4.78 is 0. The largest absolute Gasteiger partial charge is 0.254 e. The van der Waals surface area contributed by atoms with Gasteiger partial charge in [0, 0.05) is 0 Å². The van der Waals surface area contributed by atoms with Gasteiger partial charge in [-0.15, -0.1) is 0 Å². The maximum absolute atomic E-state index is 4.41. The van der Waals surface area contributed by atoms with Crippen LogP contribution in [0.2, 0.25) is 0 Å². The average molecular weight is 162 g/mol. The van der Waals surface area contributed by atoms with Crippen molar-refractivity contribution >= 4 is 6.08 Å².